The van der Waals surface area contributed by atoms with Crippen LogP contribution in [0, 0.1) is 6.92 Å². The zero-order chi connectivity index (χ0) is 14.8. The number of hydrogen-bond acceptors (Lipinski definition) is 6. The predicted molar refractivity (Wildman–Crippen MR) is 76.9 cm³/mol. The lowest BCUT2D eigenvalue weighted by molar-refractivity contribution is 0.565. The summed E-state index contributed by atoms with van der Waals surface area (Å²) in [4.78, 5) is 5.36. The molecule has 2 aromatic heterocycles. The van der Waals surface area contributed by atoms with E-state index < -0.39 is 10.0 Å². The maximum Gasteiger partial charge on any atom is 0.244 e. The molecule has 110 valence electrons. The Labute approximate surface area is 121 Å². The second-order valence-electron chi connectivity index (χ2n) is 4.38. The lowest BCUT2D eigenvalue weighted by Gasteiger charge is -2.10. The minimum absolute atomic E-state index is 0.131. The molecule has 0 bridgehead atoms. The largest absolute Gasteiger partial charge is 0.329 e. The average molecular weight is 315 g/mol. The summed E-state index contributed by atoms with van der Waals surface area (Å²) in [6.07, 6.45) is 4.51. The van der Waals surface area contributed by atoms with Gasteiger partial charge in [0.15, 0.2) is 0 Å². The number of aromatic nitrogens is 3. The lowest BCUT2D eigenvalue weighted by atomic mass is 10.4. The van der Waals surface area contributed by atoms with Crippen LogP contribution >= 0.6 is 11.3 Å². The Kier molecular flexibility index (Phi) is 4.53. The summed E-state index contributed by atoms with van der Waals surface area (Å²) in [5.74, 6) is 0. The first kappa shape index (κ1) is 15.1. The standard InChI is InChI=1S/C11H17N5O2S2/c1-8-5-13-11(19-8)9(2)15-20(17,18)10-6-14-16(7-10)4-3-12/h5-7,9,15H,3-4,12H2,1-2H3. The molecule has 2 heterocycles. The monoisotopic (exact) mass is 315 g/mol. The molecule has 2 rings (SSSR count). The van der Waals surface area contributed by atoms with Crippen molar-refractivity contribution in [2.75, 3.05) is 6.54 Å². The van der Waals surface area contributed by atoms with Crippen molar-refractivity contribution in [2.45, 2.75) is 31.3 Å². The zero-order valence-corrected chi connectivity index (χ0v) is 12.9. The topological polar surface area (TPSA) is 103 Å². The van der Waals surface area contributed by atoms with Crippen LogP contribution in [0.15, 0.2) is 23.5 Å². The van der Waals surface area contributed by atoms with E-state index in [1.807, 2.05) is 6.92 Å². The molecule has 0 spiro atoms. The zero-order valence-electron chi connectivity index (χ0n) is 11.3. The molecule has 9 heteroatoms. The Morgan fingerprint density at radius 3 is 2.85 bits per heavy atom. The van der Waals surface area contributed by atoms with Crippen molar-refractivity contribution in [3.8, 4) is 0 Å². The van der Waals surface area contributed by atoms with E-state index in [1.54, 1.807) is 13.1 Å². The minimum atomic E-state index is -3.60. The van der Waals surface area contributed by atoms with Crippen LogP contribution in [-0.4, -0.2) is 29.7 Å². The summed E-state index contributed by atoms with van der Waals surface area (Å²) < 4.78 is 28.5. The summed E-state index contributed by atoms with van der Waals surface area (Å²) in [5, 5.41) is 4.70. The number of nitrogens with one attached hydrogen (secondary N) is 1. The van der Waals surface area contributed by atoms with Crippen LogP contribution in [0.5, 0.6) is 0 Å². The summed E-state index contributed by atoms with van der Waals surface area (Å²) in [5.41, 5.74) is 5.41. The van der Waals surface area contributed by atoms with Gasteiger partial charge in [-0.05, 0) is 13.8 Å². The van der Waals surface area contributed by atoms with E-state index in [1.165, 1.54) is 28.4 Å². The number of thiazole rings is 1. The number of rotatable bonds is 6. The Morgan fingerprint density at radius 1 is 1.50 bits per heavy atom. The van der Waals surface area contributed by atoms with Crippen LogP contribution in [-0.2, 0) is 16.6 Å². The summed E-state index contributed by atoms with van der Waals surface area (Å²) >= 11 is 1.47. The lowest BCUT2D eigenvalue weighted by Crippen LogP contribution is -2.26. The van der Waals surface area contributed by atoms with Gasteiger partial charge in [0.2, 0.25) is 10.0 Å². The molecule has 1 unspecified atom stereocenters. The van der Waals surface area contributed by atoms with Crippen LogP contribution in [0.4, 0.5) is 0 Å². The van der Waals surface area contributed by atoms with E-state index in [9.17, 15) is 8.42 Å². The summed E-state index contributed by atoms with van der Waals surface area (Å²) in [6, 6.07) is -0.378. The molecule has 0 aliphatic rings. The highest BCUT2D eigenvalue weighted by Gasteiger charge is 2.21. The third kappa shape index (κ3) is 3.42. The molecule has 0 aliphatic carbocycles. The van der Waals surface area contributed by atoms with Crippen molar-refractivity contribution >= 4 is 21.4 Å². The highest BCUT2D eigenvalue weighted by atomic mass is 32.2. The summed E-state index contributed by atoms with van der Waals surface area (Å²) in [6.45, 7) is 4.58. The fourth-order valence-corrected chi connectivity index (χ4v) is 3.67. The van der Waals surface area contributed by atoms with Gasteiger partial charge in [-0.15, -0.1) is 11.3 Å². The molecule has 2 aromatic rings. The van der Waals surface area contributed by atoms with Gasteiger partial charge in [-0.25, -0.2) is 18.1 Å². The smallest absolute Gasteiger partial charge is 0.244 e. The van der Waals surface area contributed by atoms with Crippen LogP contribution in [0.25, 0.3) is 0 Å². The van der Waals surface area contributed by atoms with Crippen LogP contribution in [0.2, 0.25) is 0 Å². The third-order valence-corrected chi connectivity index (χ3v) is 5.21. The van der Waals surface area contributed by atoms with Crippen molar-refractivity contribution < 1.29 is 8.42 Å². The molecule has 0 saturated heterocycles. The van der Waals surface area contributed by atoms with Crippen molar-refractivity contribution in [2.24, 2.45) is 5.73 Å². The van der Waals surface area contributed by atoms with Gasteiger partial charge < -0.3 is 5.73 Å². The van der Waals surface area contributed by atoms with E-state index >= 15 is 0 Å². The van der Waals surface area contributed by atoms with Gasteiger partial charge in [0.05, 0.1) is 18.8 Å². The van der Waals surface area contributed by atoms with Gasteiger partial charge >= 0.3 is 0 Å². The normalized spacial score (nSPS) is 13.6. The Morgan fingerprint density at radius 2 is 2.25 bits per heavy atom. The summed E-state index contributed by atoms with van der Waals surface area (Å²) in [7, 11) is -3.60. The van der Waals surface area contributed by atoms with Crippen molar-refractivity contribution in [3.63, 3.8) is 0 Å². The number of sulfonamides is 1. The Hall–Kier alpha value is -1.29. The first-order valence-electron chi connectivity index (χ1n) is 6.09. The molecule has 0 saturated carbocycles. The Balaban J connectivity index is 2.13. The van der Waals surface area contributed by atoms with E-state index in [2.05, 4.69) is 14.8 Å². The second kappa shape index (κ2) is 6.00. The highest BCUT2D eigenvalue weighted by Crippen LogP contribution is 2.21. The molecule has 1 atom stereocenters. The van der Waals surface area contributed by atoms with Crippen molar-refractivity contribution in [1.29, 1.82) is 0 Å². The number of nitrogens with zero attached hydrogens (tertiary/aromatic N) is 3. The molecular formula is C11H17N5O2S2. The Bertz CT molecular complexity index is 677. The SMILES string of the molecule is Cc1cnc(C(C)NS(=O)(=O)c2cnn(CCN)c2)s1. The van der Waals surface area contributed by atoms with E-state index in [-0.39, 0.29) is 10.9 Å². The van der Waals surface area contributed by atoms with Gasteiger partial charge in [0.1, 0.15) is 9.90 Å². The van der Waals surface area contributed by atoms with Gasteiger partial charge in [0.25, 0.3) is 0 Å². The molecule has 0 radical (unpaired) electrons. The first-order valence-corrected chi connectivity index (χ1v) is 8.39. The van der Waals surface area contributed by atoms with Crippen LogP contribution in [0.1, 0.15) is 22.9 Å². The van der Waals surface area contributed by atoms with E-state index in [0.29, 0.717) is 13.1 Å². The van der Waals surface area contributed by atoms with E-state index in [0.717, 1.165) is 9.88 Å². The molecule has 7 nitrogen and oxygen atoms in total. The van der Waals surface area contributed by atoms with Crippen LogP contribution < -0.4 is 10.5 Å². The maximum absolute atomic E-state index is 12.2. The molecule has 0 aliphatic heterocycles. The predicted octanol–water partition coefficient (Wildman–Crippen LogP) is 0.646. The van der Waals surface area contributed by atoms with Crippen molar-refractivity contribution in [1.82, 2.24) is 19.5 Å². The third-order valence-electron chi connectivity index (χ3n) is 2.62. The minimum Gasteiger partial charge on any atom is -0.329 e. The van der Waals surface area contributed by atoms with Crippen LogP contribution in [0.3, 0.4) is 0 Å². The second-order valence-corrected chi connectivity index (χ2v) is 7.36. The molecule has 0 aromatic carbocycles. The number of nitrogens with two attached hydrogens (primary N) is 1. The molecular weight excluding hydrogens is 298 g/mol. The van der Waals surface area contributed by atoms with Gasteiger partial charge in [-0.1, -0.05) is 0 Å². The number of aryl methyl sites for hydroxylation is 1. The molecule has 0 amide bonds. The maximum atomic E-state index is 12.2. The fraction of sp³-hybridized carbons (Fsp3) is 0.455. The van der Waals surface area contributed by atoms with E-state index in [4.69, 9.17) is 5.73 Å². The fourth-order valence-electron chi connectivity index (χ4n) is 1.66. The highest BCUT2D eigenvalue weighted by molar-refractivity contribution is 7.89. The number of hydrogen-bond donors (Lipinski definition) is 2. The van der Waals surface area contributed by atoms with Gasteiger partial charge in [0, 0.05) is 23.8 Å². The molecule has 20 heavy (non-hydrogen) atoms. The molecule has 3 N–H and O–H groups in total. The quantitative estimate of drug-likeness (QED) is 0.814. The average Bonchev–Trinajstić information content (AvgIpc) is 2.98. The van der Waals surface area contributed by atoms with Gasteiger partial charge in [-0.2, -0.15) is 5.10 Å². The molecule has 0 fully saturated rings. The van der Waals surface area contributed by atoms with Gasteiger partial charge in [-0.3, -0.25) is 4.68 Å². The van der Waals surface area contributed by atoms with Crippen molar-refractivity contribution in [3.05, 3.63) is 28.5 Å². The first-order chi connectivity index (χ1) is 9.42.